The van der Waals surface area contributed by atoms with E-state index in [0.717, 1.165) is 11.3 Å². The first-order valence-electron chi connectivity index (χ1n) is 8.06. The highest BCUT2D eigenvalue weighted by atomic mass is 16.5. The number of carbonyl (C=O) groups is 2. The number of rotatable bonds is 4. The second-order valence-electron chi connectivity index (χ2n) is 5.80. The third-order valence-electron chi connectivity index (χ3n) is 3.99. The Morgan fingerprint density at radius 2 is 2.16 bits per heavy atom. The number of fused-ring (bicyclic) bond motifs is 1. The summed E-state index contributed by atoms with van der Waals surface area (Å²) in [5.74, 6) is 0.475. The van der Waals surface area contributed by atoms with Crippen LogP contribution in [0.4, 0.5) is 17.3 Å². The van der Waals surface area contributed by atoms with Crippen molar-refractivity contribution >= 4 is 29.1 Å². The van der Waals surface area contributed by atoms with Gasteiger partial charge < -0.3 is 15.4 Å². The smallest absolute Gasteiger partial charge is 0.266 e. The Morgan fingerprint density at radius 3 is 2.88 bits per heavy atom. The summed E-state index contributed by atoms with van der Waals surface area (Å²) >= 11 is 0. The Labute approximate surface area is 146 Å². The lowest BCUT2D eigenvalue weighted by Gasteiger charge is -2.30. The van der Waals surface area contributed by atoms with Gasteiger partial charge in [0.1, 0.15) is 12.4 Å². The summed E-state index contributed by atoms with van der Waals surface area (Å²) in [4.78, 5) is 32.2. The maximum atomic E-state index is 12.8. The van der Waals surface area contributed by atoms with Crippen molar-refractivity contribution in [3.05, 3.63) is 42.0 Å². The molecule has 0 saturated carbocycles. The van der Waals surface area contributed by atoms with Gasteiger partial charge in [0.25, 0.3) is 5.91 Å². The van der Waals surface area contributed by atoms with Crippen molar-refractivity contribution in [2.75, 3.05) is 35.2 Å². The monoisotopic (exact) mass is 340 g/mol. The number of anilines is 3. The number of aryl methyl sites for hydroxylation is 1. The van der Waals surface area contributed by atoms with Gasteiger partial charge in [0, 0.05) is 12.2 Å². The molecule has 0 unspecified atom stereocenters. The number of hydrogen-bond donors (Lipinski definition) is 1. The van der Waals surface area contributed by atoms with Gasteiger partial charge in [0.2, 0.25) is 5.91 Å². The molecule has 1 aromatic carbocycles. The van der Waals surface area contributed by atoms with E-state index in [9.17, 15) is 9.59 Å². The van der Waals surface area contributed by atoms with E-state index in [1.165, 1.54) is 4.90 Å². The molecule has 0 saturated heterocycles. The van der Waals surface area contributed by atoms with Crippen LogP contribution in [0.1, 0.15) is 12.5 Å². The molecule has 2 heterocycles. The molecule has 0 aliphatic carbocycles. The standard InChI is InChI=1S/C18H20N4O3/c1-3-21(13-6-4-5-12(2)9-13)16(23)10-22-17(24)11-25-14-7-8-15(19)20-18(14)22/h4-9H,3,10-11H2,1-2H3,(H2,19,20). The first-order valence-corrected chi connectivity index (χ1v) is 8.06. The topological polar surface area (TPSA) is 88.8 Å². The largest absolute Gasteiger partial charge is 0.480 e. The number of aromatic nitrogens is 1. The highest BCUT2D eigenvalue weighted by molar-refractivity contribution is 6.05. The van der Waals surface area contributed by atoms with Crippen LogP contribution >= 0.6 is 0 Å². The minimum atomic E-state index is -0.320. The molecule has 25 heavy (non-hydrogen) atoms. The van der Waals surface area contributed by atoms with Crippen LogP contribution < -0.4 is 20.3 Å². The summed E-state index contributed by atoms with van der Waals surface area (Å²) in [6, 6.07) is 10.9. The molecule has 0 fully saturated rings. The van der Waals surface area contributed by atoms with E-state index in [4.69, 9.17) is 10.5 Å². The minimum Gasteiger partial charge on any atom is -0.480 e. The molecule has 0 atom stereocenters. The van der Waals surface area contributed by atoms with Crippen molar-refractivity contribution in [2.24, 2.45) is 0 Å². The number of carbonyl (C=O) groups excluding carboxylic acids is 2. The molecule has 0 spiro atoms. The van der Waals surface area contributed by atoms with Gasteiger partial charge in [-0.3, -0.25) is 14.5 Å². The lowest BCUT2D eigenvalue weighted by molar-refractivity contribution is -0.124. The Kier molecular flexibility index (Phi) is 4.56. The Morgan fingerprint density at radius 1 is 1.36 bits per heavy atom. The van der Waals surface area contributed by atoms with Crippen molar-refractivity contribution in [3.8, 4) is 5.75 Å². The quantitative estimate of drug-likeness (QED) is 0.916. The summed E-state index contributed by atoms with van der Waals surface area (Å²) in [6.07, 6.45) is 0. The average molecular weight is 340 g/mol. The predicted octanol–water partition coefficient (Wildman–Crippen LogP) is 1.75. The number of hydrogen-bond acceptors (Lipinski definition) is 5. The first kappa shape index (κ1) is 16.8. The van der Waals surface area contributed by atoms with Crippen LogP contribution in [-0.4, -0.2) is 36.5 Å². The molecule has 2 amide bonds. The van der Waals surface area contributed by atoms with E-state index >= 15 is 0 Å². The van der Waals surface area contributed by atoms with Gasteiger partial charge in [-0.15, -0.1) is 0 Å². The fourth-order valence-electron chi connectivity index (χ4n) is 2.77. The number of ether oxygens (including phenoxy) is 1. The van der Waals surface area contributed by atoms with Crippen LogP contribution in [0.25, 0.3) is 0 Å². The summed E-state index contributed by atoms with van der Waals surface area (Å²) in [5, 5.41) is 0. The molecule has 2 N–H and O–H groups in total. The van der Waals surface area contributed by atoms with Gasteiger partial charge in [-0.05, 0) is 43.7 Å². The summed E-state index contributed by atoms with van der Waals surface area (Å²) < 4.78 is 5.36. The zero-order valence-corrected chi connectivity index (χ0v) is 14.2. The van der Waals surface area contributed by atoms with E-state index in [1.54, 1.807) is 17.0 Å². The van der Waals surface area contributed by atoms with E-state index in [1.807, 2.05) is 38.1 Å². The molecule has 3 rings (SSSR count). The van der Waals surface area contributed by atoms with Gasteiger partial charge in [0.15, 0.2) is 18.2 Å². The van der Waals surface area contributed by atoms with Gasteiger partial charge in [0.05, 0.1) is 0 Å². The lowest BCUT2D eigenvalue weighted by Crippen LogP contribution is -2.47. The number of nitrogen functional groups attached to an aromatic ring is 1. The Bertz CT molecular complexity index is 822. The molecular weight excluding hydrogens is 320 g/mol. The Hall–Kier alpha value is -3.09. The highest BCUT2D eigenvalue weighted by Gasteiger charge is 2.30. The molecule has 0 radical (unpaired) electrons. The SMILES string of the molecule is CCN(C(=O)CN1C(=O)COc2ccc(N)nc21)c1cccc(C)c1. The number of nitrogens with two attached hydrogens (primary N) is 1. The van der Waals surface area contributed by atoms with E-state index in [-0.39, 0.29) is 36.6 Å². The molecule has 1 aliphatic heterocycles. The molecule has 7 nitrogen and oxygen atoms in total. The maximum Gasteiger partial charge on any atom is 0.266 e. The van der Waals surface area contributed by atoms with Crippen LogP contribution in [0.5, 0.6) is 5.75 Å². The van der Waals surface area contributed by atoms with Gasteiger partial charge in [-0.1, -0.05) is 12.1 Å². The lowest BCUT2D eigenvalue weighted by atomic mass is 10.2. The van der Waals surface area contributed by atoms with Crippen molar-refractivity contribution in [1.82, 2.24) is 4.98 Å². The van der Waals surface area contributed by atoms with Crippen molar-refractivity contribution in [1.29, 1.82) is 0 Å². The minimum absolute atomic E-state index is 0.118. The zero-order chi connectivity index (χ0) is 18.0. The van der Waals surface area contributed by atoms with Gasteiger partial charge >= 0.3 is 0 Å². The molecule has 1 aliphatic rings. The zero-order valence-electron chi connectivity index (χ0n) is 14.2. The van der Waals surface area contributed by atoms with Gasteiger partial charge in [-0.25, -0.2) is 4.98 Å². The summed E-state index contributed by atoms with van der Waals surface area (Å²) in [6.45, 7) is 4.12. The van der Waals surface area contributed by atoms with E-state index < -0.39 is 0 Å². The number of likely N-dealkylation sites (N-methyl/N-ethyl adjacent to an activating group) is 1. The van der Waals surface area contributed by atoms with E-state index in [0.29, 0.717) is 12.3 Å². The molecule has 7 heteroatoms. The highest BCUT2D eigenvalue weighted by Crippen LogP contribution is 2.30. The van der Waals surface area contributed by atoms with Crippen LogP contribution in [0, 0.1) is 6.92 Å². The number of amides is 2. The fraction of sp³-hybridized carbons (Fsp3) is 0.278. The molecular formula is C18H20N4O3. The second kappa shape index (κ2) is 6.80. The molecule has 0 bridgehead atoms. The number of nitrogens with zero attached hydrogens (tertiary/aromatic N) is 3. The van der Waals surface area contributed by atoms with Crippen molar-refractivity contribution in [3.63, 3.8) is 0 Å². The van der Waals surface area contributed by atoms with Crippen LogP contribution in [0.15, 0.2) is 36.4 Å². The Balaban J connectivity index is 1.87. The summed E-state index contributed by atoms with van der Waals surface area (Å²) in [5.41, 5.74) is 7.58. The van der Waals surface area contributed by atoms with Gasteiger partial charge in [-0.2, -0.15) is 0 Å². The number of benzene rings is 1. The average Bonchev–Trinajstić information content (AvgIpc) is 2.58. The van der Waals surface area contributed by atoms with Crippen LogP contribution in [-0.2, 0) is 9.59 Å². The third-order valence-corrected chi connectivity index (χ3v) is 3.99. The summed E-state index contributed by atoms with van der Waals surface area (Å²) in [7, 11) is 0. The first-order chi connectivity index (χ1) is 12.0. The third kappa shape index (κ3) is 3.40. The molecule has 1 aromatic heterocycles. The molecule has 130 valence electrons. The molecule has 2 aromatic rings. The van der Waals surface area contributed by atoms with Crippen LogP contribution in [0.2, 0.25) is 0 Å². The fourth-order valence-corrected chi connectivity index (χ4v) is 2.77. The van der Waals surface area contributed by atoms with Crippen LogP contribution in [0.3, 0.4) is 0 Å². The predicted molar refractivity (Wildman–Crippen MR) is 95.7 cm³/mol. The van der Waals surface area contributed by atoms with Crippen molar-refractivity contribution in [2.45, 2.75) is 13.8 Å². The maximum absolute atomic E-state index is 12.8. The van der Waals surface area contributed by atoms with E-state index in [2.05, 4.69) is 4.98 Å². The number of pyridine rings is 1. The van der Waals surface area contributed by atoms with Crippen molar-refractivity contribution < 1.29 is 14.3 Å². The second-order valence-corrected chi connectivity index (χ2v) is 5.80. The normalized spacial score (nSPS) is 13.2.